The fourth-order valence-electron chi connectivity index (χ4n) is 2.20. The molecular formula is C13H22ClN3. The molecule has 0 radical (unpaired) electrons. The summed E-state index contributed by atoms with van der Waals surface area (Å²) in [5, 5.41) is 3.39. The van der Waals surface area contributed by atoms with Gasteiger partial charge in [-0.1, -0.05) is 13.8 Å². The van der Waals surface area contributed by atoms with Gasteiger partial charge in [-0.15, -0.1) is 12.4 Å². The van der Waals surface area contributed by atoms with Crippen molar-refractivity contribution in [2.75, 3.05) is 13.1 Å². The Morgan fingerprint density at radius 2 is 1.65 bits per heavy atom. The molecule has 0 spiro atoms. The van der Waals surface area contributed by atoms with Crippen molar-refractivity contribution in [2.24, 2.45) is 0 Å². The fraction of sp³-hybridized carbons (Fsp3) is 0.692. The average Bonchev–Trinajstić information content (AvgIpc) is 2.39. The molecule has 0 aliphatic carbocycles. The Bertz CT molecular complexity index is 326. The van der Waals surface area contributed by atoms with Crippen LogP contribution in [0.5, 0.6) is 0 Å². The van der Waals surface area contributed by atoms with Crippen molar-refractivity contribution in [1.82, 2.24) is 15.3 Å². The van der Waals surface area contributed by atoms with Crippen molar-refractivity contribution in [1.29, 1.82) is 0 Å². The molecule has 0 unspecified atom stereocenters. The van der Waals surface area contributed by atoms with E-state index >= 15 is 0 Å². The zero-order valence-corrected chi connectivity index (χ0v) is 11.5. The number of aryl methyl sites for hydroxylation is 2. The molecule has 2 heterocycles. The molecular weight excluding hydrogens is 234 g/mol. The number of piperidine rings is 1. The maximum absolute atomic E-state index is 4.68. The van der Waals surface area contributed by atoms with Crippen molar-refractivity contribution in [3.05, 3.63) is 23.3 Å². The van der Waals surface area contributed by atoms with Crippen LogP contribution in [0.1, 0.15) is 49.8 Å². The molecule has 1 fully saturated rings. The van der Waals surface area contributed by atoms with Crippen LogP contribution >= 0.6 is 12.4 Å². The molecule has 1 aliphatic heterocycles. The smallest absolute Gasteiger partial charge is 0.132 e. The summed E-state index contributed by atoms with van der Waals surface area (Å²) in [4.78, 5) is 9.37. The minimum Gasteiger partial charge on any atom is -0.317 e. The normalized spacial score (nSPS) is 16.6. The topological polar surface area (TPSA) is 37.8 Å². The zero-order chi connectivity index (χ0) is 11.4. The Hall–Kier alpha value is -0.670. The monoisotopic (exact) mass is 255 g/mol. The van der Waals surface area contributed by atoms with E-state index in [0.29, 0.717) is 5.92 Å². The second-order valence-electron chi connectivity index (χ2n) is 4.44. The standard InChI is InChI=1S/C13H21N3.ClH/c1-3-11-9-12(4-2)16-13(15-11)10-5-7-14-8-6-10;/h9-10,14H,3-8H2,1-2H3;1H. The predicted octanol–water partition coefficient (Wildman–Crippen LogP) is 2.49. The number of hydrogen-bond donors (Lipinski definition) is 1. The maximum Gasteiger partial charge on any atom is 0.132 e. The summed E-state index contributed by atoms with van der Waals surface area (Å²) >= 11 is 0. The van der Waals surface area contributed by atoms with E-state index < -0.39 is 0 Å². The SMILES string of the molecule is CCc1cc(CC)nc(C2CCNCC2)n1.Cl. The largest absolute Gasteiger partial charge is 0.317 e. The lowest BCUT2D eigenvalue weighted by atomic mass is 9.97. The van der Waals surface area contributed by atoms with Gasteiger partial charge in [0.1, 0.15) is 5.82 Å². The highest BCUT2D eigenvalue weighted by Gasteiger charge is 2.18. The Kier molecular flexibility index (Phi) is 5.86. The van der Waals surface area contributed by atoms with E-state index in [2.05, 4.69) is 35.2 Å². The van der Waals surface area contributed by atoms with Crippen molar-refractivity contribution >= 4 is 12.4 Å². The van der Waals surface area contributed by atoms with Crippen LogP contribution in [0.4, 0.5) is 0 Å². The molecule has 0 amide bonds. The molecule has 0 saturated carbocycles. The molecule has 4 heteroatoms. The summed E-state index contributed by atoms with van der Waals surface area (Å²) in [5.41, 5.74) is 2.39. The second-order valence-corrected chi connectivity index (χ2v) is 4.44. The first-order valence-electron chi connectivity index (χ1n) is 6.41. The van der Waals surface area contributed by atoms with Gasteiger partial charge < -0.3 is 5.32 Å². The van der Waals surface area contributed by atoms with E-state index in [1.54, 1.807) is 0 Å². The Balaban J connectivity index is 0.00000144. The highest BCUT2D eigenvalue weighted by Crippen LogP contribution is 2.22. The van der Waals surface area contributed by atoms with Gasteiger partial charge in [0.2, 0.25) is 0 Å². The van der Waals surface area contributed by atoms with E-state index in [1.807, 2.05) is 0 Å². The average molecular weight is 256 g/mol. The highest BCUT2D eigenvalue weighted by atomic mass is 35.5. The van der Waals surface area contributed by atoms with E-state index in [-0.39, 0.29) is 12.4 Å². The first-order valence-corrected chi connectivity index (χ1v) is 6.41. The van der Waals surface area contributed by atoms with Gasteiger partial charge in [-0.25, -0.2) is 9.97 Å². The Morgan fingerprint density at radius 3 is 2.12 bits per heavy atom. The number of nitrogens with one attached hydrogen (secondary N) is 1. The molecule has 1 aliphatic rings. The summed E-state index contributed by atoms with van der Waals surface area (Å²) in [6, 6.07) is 2.14. The lowest BCUT2D eigenvalue weighted by Crippen LogP contribution is -2.27. The van der Waals surface area contributed by atoms with Gasteiger partial charge in [-0.3, -0.25) is 0 Å². The lowest BCUT2D eigenvalue weighted by molar-refractivity contribution is 0.443. The number of aromatic nitrogens is 2. The second kappa shape index (κ2) is 6.92. The molecule has 1 aromatic rings. The molecule has 1 saturated heterocycles. The summed E-state index contributed by atoms with van der Waals surface area (Å²) in [6.07, 6.45) is 4.37. The first kappa shape index (κ1) is 14.4. The number of nitrogens with zero attached hydrogens (tertiary/aromatic N) is 2. The molecule has 1 N–H and O–H groups in total. The number of rotatable bonds is 3. The van der Waals surface area contributed by atoms with Crippen molar-refractivity contribution in [3.63, 3.8) is 0 Å². The third-order valence-electron chi connectivity index (χ3n) is 3.28. The van der Waals surface area contributed by atoms with Gasteiger partial charge >= 0.3 is 0 Å². The zero-order valence-electron chi connectivity index (χ0n) is 10.7. The van der Waals surface area contributed by atoms with Crippen LogP contribution in [0, 0.1) is 0 Å². The third-order valence-corrected chi connectivity index (χ3v) is 3.28. The summed E-state index contributed by atoms with van der Waals surface area (Å²) in [7, 11) is 0. The minimum atomic E-state index is 0. The van der Waals surface area contributed by atoms with Crippen LogP contribution in [0.25, 0.3) is 0 Å². The van der Waals surface area contributed by atoms with E-state index in [4.69, 9.17) is 0 Å². The summed E-state index contributed by atoms with van der Waals surface area (Å²) in [5.74, 6) is 1.65. The van der Waals surface area contributed by atoms with Gasteiger partial charge in [0.15, 0.2) is 0 Å². The van der Waals surface area contributed by atoms with E-state index in [9.17, 15) is 0 Å². The lowest BCUT2D eigenvalue weighted by Gasteiger charge is -2.22. The number of hydrogen-bond acceptors (Lipinski definition) is 3. The molecule has 0 atom stereocenters. The van der Waals surface area contributed by atoms with Crippen LogP contribution in [0.3, 0.4) is 0 Å². The van der Waals surface area contributed by atoms with Gasteiger partial charge in [0.25, 0.3) is 0 Å². The first-order chi connectivity index (χ1) is 7.83. The van der Waals surface area contributed by atoms with Crippen LogP contribution in [-0.4, -0.2) is 23.1 Å². The van der Waals surface area contributed by atoms with Crippen molar-refractivity contribution < 1.29 is 0 Å². The van der Waals surface area contributed by atoms with Crippen molar-refractivity contribution in [2.45, 2.75) is 45.4 Å². The van der Waals surface area contributed by atoms with Gasteiger partial charge in [-0.2, -0.15) is 0 Å². The summed E-state index contributed by atoms with van der Waals surface area (Å²) < 4.78 is 0. The van der Waals surface area contributed by atoms with Crippen molar-refractivity contribution in [3.8, 4) is 0 Å². The van der Waals surface area contributed by atoms with Crippen LogP contribution in [0.2, 0.25) is 0 Å². The van der Waals surface area contributed by atoms with Crippen LogP contribution in [-0.2, 0) is 12.8 Å². The van der Waals surface area contributed by atoms with Gasteiger partial charge in [0.05, 0.1) is 0 Å². The maximum atomic E-state index is 4.68. The predicted molar refractivity (Wildman–Crippen MR) is 72.9 cm³/mol. The van der Waals surface area contributed by atoms with Crippen LogP contribution in [0.15, 0.2) is 6.07 Å². The Labute approximate surface area is 110 Å². The molecule has 0 aromatic carbocycles. The quantitative estimate of drug-likeness (QED) is 0.902. The van der Waals surface area contributed by atoms with Gasteiger partial charge in [0, 0.05) is 17.3 Å². The molecule has 2 rings (SSSR count). The highest BCUT2D eigenvalue weighted by molar-refractivity contribution is 5.85. The fourth-order valence-corrected chi connectivity index (χ4v) is 2.20. The Morgan fingerprint density at radius 1 is 1.12 bits per heavy atom. The number of halogens is 1. The molecule has 96 valence electrons. The van der Waals surface area contributed by atoms with Crippen LogP contribution < -0.4 is 5.32 Å². The third kappa shape index (κ3) is 3.65. The minimum absolute atomic E-state index is 0. The van der Waals surface area contributed by atoms with E-state index in [0.717, 1.165) is 31.8 Å². The molecule has 17 heavy (non-hydrogen) atoms. The molecule has 0 bridgehead atoms. The van der Waals surface area contributed by atoms with E-state index in [1.165, 1.54) is 24.2 Å². The van der Waals surface area contributed by atoms with Gasteiger partial charge in [-0.05, 0) is 44.8 Å². The molecule has 3 nitrogen and oxygen atoms in total. The molecule has 1 aromatic heterocycles. The summed E-state index contributed by atoms with van der Waals surface area (Å²) in [6.45, 7) is 6.53.